The van der Waals surface area contributed by atoms with Gasteiger partial charge in [0.2, 0.25) is 0 Å². The maximum Gasteiger partial charge on any atom is 0.331 e. The molecule has 5 fully saturated rings. The van der Waals surface area contributed by atoms with Crippen molar-refractivity contribution < 1.29 is 47.9 Å². The Morgan fingerprint density at radius 3 is 2.43 bits per heavy atom. The smallest absolute Gasteiger partial charge is 0.331 e. The molecule has 0 spiro atoms. The van der Waals surface area contributed by atoms with Crippen LogP contribution in [0.1, 0.15) is 92.4 Å². The number of hydrogen-bond acceptors (Lipinski definition) is 10. The lowest BCUT2D eigenvalue weighted by Gasteiger charge is -2.64. The number of esters is 3. The van der Waals surface area contributed by atoms with Gasteiger partial charge in [-0.25, -0.2) is 4.79 Å². The van der Waals surface area contributed by atoms with E-state index in [1.807, 2.05) is 6.92 Å². The molecular weight excluding hydrogens is 568 g/mol. The summed E-state index contributed by atoms with van der Waals surface area (Å²) in [6.45, 7) is 9.53. The number of carbonyl (C=O) groups excluding carboxylic acids is 3. The molecule has 6 rings (SSSR count). The number of cyclic esters (lactones) is 1. The quantitative estimate of drug-likeness (QED) is 0.262. The third-order valence-corrected chi connectivity index (χ3v) is 12.8. The first-order chi connectivity index (χ1) is 20.8. The molecule has 0 aromatic rings. The van der Waals surface area contributed by atoms with Crippen molar-refractivity contribution in [2.24, 2.45) is 34.5 Å². The van der Waals surface area contributed by atoms with Crippen LogP contribution < -0.4 is 0 Å². The van der Waals surface area contributed by atoms with E-state index in [2.05, 4.69) is 13.8 Å². The first-order valence-corrected chi connectivity index (χ1v) is 16.6. The zero-order valence-electron chi connectivity index (χ0n) is 27.0. The third-order valence-electron chi connectivity index (χ3n) is 12.8. The first-order valence-electron chi connectivity index (χ1n) is 16.6. The Morgan fingerprint density at radius 2 is 1.77 bits per heavy atom. The fraction of sp³-hybridized carbons (Fsp3) is 0.853. The molecule has 1 N–H and O–H groups in total. The highest BCUT2D eigenvalue weighted by molar-refractivity contribution is 5.85. The highest BCUT2D eigenvalue weighted by Crippen LogP contribution is 2.71. The van der Waals surface area contributed by atoms with Gasteiger partial charge in [0.15, 0.2) is 6.29 Å². The Hall–Kier alpha value is -2.01. The summed E-state index contributed by atoms with van der Waals surface area (Å²) in [5.74, 6) is -0.441. The molecule has 0 radical (unpaired) electrons. The Balaban J connectivity index is 1.25. The number of aliphatic hydroxyl groups excluding tert-OH is 1. The van der Waals surface area contributed by atoms with E-state index >= 15 is 0 Å². The van der Waals surface area contributed by atoms with E-state index < -0.39 is 29.5 Å². The van der Waals surface area contributed by atoms with Gasteiger partial charge in [-0.3, -0.25) is 9.59 Å². The normalized spacial score (nSPS) is 48.3. The molecule has 44 heavy (non-hydrogen) atoms. The maximum absolute atomic E-state index is 12.9. The average molecular weight is 619 g/mol. The van der Waals surface area contributed by atoms with Crippen LogP contribution in [0.4, 0.5) is 0 Å². The molecule has 4 aliphatic carbocycles. The van der Waals surface area contributed by atoms with Crippen LogP contribution in [0.3, 0.4) is 0 Å². The van der Waals surface area contributed by atoms with E-state index in [-0.39, 0.29) is 60.1 Å². The van der Waals surface area contributed by atoms with Crippen molar-refractivity contribution in [3.05, 3.63) is 11.6 Å². The van der Waals surface area contributed by atoms with Gasteiger partial charge in [-0.05, 0) is 74.7 Å². The number of hydrogen-bond donors (Lipinski definition) is 1. The molecule has 13 atom stereocenters. The molecule has 0 aromatic heterocycles. The Kier molecular flexibility index (Phi) is 8.46. The van der Waals surface area contributed by atoms with Crippen LogP contribution in [0, 0.1) is 34.5 Å². The van der Waals surface area contributed by atoms with E-state index in [1.54, 1.807) is 13.2 Å². The molecule has 0 aromatic carbocycles. The molecule has 10 nitrogen and oxygen atoms in total. The van der Waals surface area contributed by atoms with E-state index in [0.717, 1.165) is 50.5 Å². The standard InChI is InChI=1S/C34H50O10/c1-18-31(38)26(39-6)15-29(41-18)43-23-9-11-32(4)22(14-23)7-8-25-24(32)10-12-33(5)30(21-13-28(37)40-17-21)27(42-19(2)35)16-34(25,33)44-20(3)36/h13,18,22-27,29-31,38H,7-12,14-17H2,1-6H3. The van der Waals surface area contributed by atoms with Crippen molar-refractivity contribution in [2.45, 2.75) is 135 Å². The number of ether oxygens (including phenoxy) is 6. The molecule has 246 valence electrons. The van der Waals surface area contributed by atoms with Crippen molar-refractivity contribution in [3.63, 3.8) is 0 Å². The Labute approximate surface area is 260 Å². The van der Waals surface area contributed by atoms with Gasteiger partial charge in [-0.2, -0.15) is 0 Å². The second kappa shape index (κ2) is 11.7. The molecule has 2 heterocycles. The highest BCUT2D eigenvalue weighted by atomic mass is 16.7. The van der Waals surface area contributed by atoms with Gasteiger partial charge in [0.05, 0.1) is 18.3 Å². The predicted molar refractivity (Wildman–Crippen MR) is 157 cm³/mol. The van der Waals surface area contributed by atoms with Gasteiger partial charge in [-0.1, -0.05) is 13.8 Å². The zero-order chi connectivity index (χ0) is 31.6. The van der Waals surface area contributed by atoms with Crippen molar-refractivity contribution in [1.29, 1.82) is 0 Å². The summed E-state index contributed by atoms with van der Waals surface area (Å²) in [4.78, 5) is 37.4. The lowest BCUT2D eigenvalue weighted by atomic mass is 9.43. The molecule has 6 aliphatic rings. The van der Waals surface area contributed by atoms with Crippen LogP contribution in [0.15, 0.2) is 11.6 Å². The molecule has 0 bridgehead atoms. The number of aliphatic hydroxyl groups is 1. The highest BCUT2D eigenvalue weighted by Gasteiger charge is 2.73. The van der Waals surface area contributed by atoms with Gasteiger partial charge in [0.25, 0.3) is 0 Å². The minimum atomic E-state index is -0.817. The second-order valence-electron chi connectivity index (χ2n) is 14.9. The molecule has 13 unspecified atom stereocenters. The molecule has 2 aliphatic heterocycles. The SMILES string of the molecule is COC1CC(OC2CCC3(C)C(CCC4C3CCC3(C)C(C5=CC(=O)OC5)C(OC(C)=O)CC43OC(C)=O)C2)OC(C)C1O. The van der Waals surface area contributed by atoms with Crippen LogP contribution in [0.25, 0.3) is 0 Å². The summed E-state index contributed by atoms with van der Waals surface area (Å²) in [5, 5.41) is 10.4. The summed E-state index contributed by atoms with van der Waals surface area (Å²) >= 11 is 0. The fourth-order valence-corrected chi connectivity index (χ4v) is 10.9. The second-order valence-corrected chi connectivity index (χ2v) is 14.9. The summed E-state index contributed by atoms with van der Waals surface area (Å²) in [7, 11) is 1.62. The number of fused-ring (bicyclic) bond motifs is 5. The third kappa shape index (κ3) is 5.12. The van der Waals surface area contributed by atoms with Crippen LogP contribution in [0.2, 0.25) is 0 Å². The summed E-state index contributed by atoms with van der Waals surface area (Å²) in [5.41, 5.74) is -0.455. The number of methoxy groups -OCH3 is 1. The number of rotatable bonds is 6. The van der Waals surface area contributed by atoms with Crippen LogP contribution in [-0.2, 0) is 42.8 Å². The lowest BCUT2D eigenvalue weighted by molar-refractivity contribution is -0.274. The Bertz CT molecular complexity index is 1180. The monoisotopic (exact) mass is 618 g/mol. The fourth-order valence-electron chi connectivity index (χ4n) is 10.9. The molecule has 4 saturated carbocycles. The Morgan fingerprint density at radius 1 is 1.00 bits per heavy atom. The first kappa shape index (κ1) is 32.0. The van der Waals surface area contributed by atoms with Crippen molar-refractivity contribution in [3.8, 4) is 0 Å². The van der Waals surface area contributed by atoms with E-state index in [0.29, 0.717) is 24.7 Å². The van der Waals surface area contributed by atoms with Crippen LogP contribution >= 0.6 is 0 Å². The molecule has 0 amide bonds. The van der Waals surface area contributed by atoms with Gasteiger partial charge < -0.3 is 33.5 Å². The minimum Gasteiger partial charge on any atom is -0.462 e. The zero-order valence-corrected chi connectivity index (χ0v) is 27.0. The number of carbonyl (C=O) groups is 3. The predicted octanol–water partition coefficient (Wildman–Crippen LogP) is 4.25. The summed E-state index contributed by atoms with van der Waals surface area (Å²) in [6.07, 6.45) is 6.85. The molecule has 10 heteroatoms. The average Bonchev–Trinajstić information content (AvgIpc) is 3.47. The van der Waals surface area contributed by atoms with Crippen molar-refractivity contribution >= 4 is 17.9 Å². The van der Waals surface area contributed by atoms with Crippen molar-refractivity contribution in [1.82, 2.24) is 0 Å². The van der Waals surface area contributed by atoms with Crippen LogP contribution in [-0.4, -0.2) is 79.1 Å². The van der Waals surface area contributed by atoms with Gasteiger partial charge >= 0.3 is 17.9 Å². The minimum absolute atomic E-state index is 0.0456. The summed E-state index contributed by atoms with van der Waals surface area (Å²) < 4.78 is 35.9. The van der Waals surface area contributed by atoms with Crippen molar-refractivity contribution in [2.75, 3.05) is 13.7 Å². The van der Waals surface area contributed by atoms with Gasteiger partial charge in [-0.15, -0.1) is 0 Å². The lowest BCUT2D eigenvalue weighted by Crippen LogP contribution is -2.64. The largest absolute Gasteiger partial charge is 0.462 e. The van der Waals surface area contributed by atoms with E-state index in [1.165, 1.54) is 13.8 Å². The van der Waals surface area contributed by atoms with Gasteiger partial charge in [0.1, 0.15) is 24.4 Å². The molecule has 1 saturated heterocycles. The summed E-state index contributed by atoms with van der Waals surface area (Å²) in [6, 6.07) is 0. The van der Waals surface area contributed by atoms with E-state index in [4.69, 9.17) is 28.4 Å². The molecular formula is C34H50O10. The van der Waals surface area contributed by atoms with E-state index in [9.17, 15) is 19.5 Å². The van der Waals surface area contributed by atoms with Gasteiger partial charge in [0, 0.05) is 57.1 Å². The van der Waals surface area contributed by atoms with Crippen LogP contribution in [0.5, 0.6) is 0 Å². The maximum atomic E-state index is 12.9. The topological polar surface area (TPSA) is 127 Å².